The Balaban J connectivity index is 2.16. The third kappa shape index (κ3) is 1.04. The van der Waals surface area contributed by atoms with Crippen LogP contribution in [0.2, 0.25) is 0 Å². The van der Waals surface area contributed by atoms with Gasteiger partial charge in [-0.05, 0) is 24.7 Å². The molecule has 54 valence electrons. The van der Waals surface area contributed by atoms with E-state index in [2.05, 4.69) is 46.9 Å². The van der Waals surface area contributed by atoms with Crippen molar-refractivity contribution in [2.45, 2.75) is 16.8 Å². The van der Waals surface area contributed by atoms with Crippen molar-refractivity contribution in [2.24, 2.45) is 11.8 Å². The lowest BCUT2D eigenvalue weighted by Crippen LogP contribution is -2.16. The fraction of sp³-hybridized carbons (Fsp3) is 0.556. The molecule has 2 aliphatic carbocycles. The van der Waals surface area contributed by atoms with Crippen LogP contribution in [0.25, 0.3) is 0 Å². The summed E-state index contributed by atoms with van der Waals surface area (Å²) in [6, 6.07) is 0. The van der Waals surface area contributed by atoms with Crippen LogP contribution < -0.4 is 0 Å². The molecule has 0 aromatic heterocycles. The van der Waals surface area contributed by atoms with E-state index in [9.17, 15) is 0 Å². The first-order chi connectivity index (χ1) is 4.88. The van der Waals surface area contributed by atoms with E-state index < -0.39 is 0 Å². The first kappa shape index (κ1) is 6.89. The minimum atomic E-state index is 0.799. The Morgan fingerprint density at radius 1 is 1.10 bits per heavy atom. The summed E-state index contributed by atoms with van der Waals surface area (Å²) >= 11 is 2.55. The van der Waals surface area contributed by atoms with Gasteiger partial charge < -0.3 is 0 Å². The molecule has 0 amide bonds. The standard InChI is InChI=1S/C9H11I/c10-9-6-5-7-3-1-2-4-8(7)9/h1-2,5-9H,3-4H2. The zero-order chi connectivity index (χ0) is 6.97. The molecule has 0 fully saturated rings. The molecule has 0 aromatic carbocycles. The van der Waals surface area contributed by atoms with Crippen LogP contribution in [0.15, 0.2) is 24.3 Å². The molecule has 10 heavy (non-hydrogen) atoms. The number of hydrogen-bond donors (Lipinski definition) is 0. The molecule has 2 aliphatic rings. The van der Waals surface area contributed by atoms with Crippen LogP contribution in [0.4, 0.5) is 0 Å². The SMILES string of the molecule is IC1C=CC2CC=CCC12. The van der Waals surface area contributed by atoms with Crippen LogP contribution >= 0.6 is 22.6 Å². The molecule has 0 radical (unpaired) electrons. The summed E-state index contributed by atoms with van der Waals surface area (Å²) in [6.07, 6.45) is 12.0. The molecule has 3 unspecified atom stereocenters. The van der Waals surface area contributed by atoms with Crippen molar-refractivity contribution in [2.75, 3.05) is 0 Å². The molecular formula is C9H11I. The van der Waals surface area contributed by atoms with Gasteiger partial charge in [0.15, 0.2) is 0 Å². The van der Waals surface area contributed by atoms with E-state index in [0.29, 0.717) is 0 Å². The monoisotopic (exact) mass is 246 g/mol. The van der Waals surface area contributed by atoms with E-state index in [1.165, 1.54) is 12.8 Å². The van der Waals surface area contributed by atoms with Crippen molar-refractivity contribution >= 4 is 22.6 Å². The Bertz CT molecular complexity index is 181. The maximum Gasteiger partial charge on any atom is 0.0326 e. The van der Waals surface area contributed by atoms with Gasteiger partial charge in [-0.3, -0.25) is 0 Å². The third-order valence-electron chi connectivity index (χ3n) is 2.48. The summed E-state index contributed by atoms with van der Waals surface area (Å²) in [6.45, 7) is 0. The highest BCUT2D eigenvalue weighted by Crippen LogP contribution is 2.38. The number of hydrogen-bond acceptors (Lipinski definition) is 0. The third-order valence-corrected chi connectivity index (χ3v) is 3.82. The van der Waals surface area contributed by atoms with E-state index in [1.54, 1.807) is 0 Å². The molecule has 0 spiro atoms. The average molecular weight is 246 g/mol. The number of allylic oxidation sites excluding steroid dienone is 4. The second kappa shape index (κ2) is 2.68. The molecule has 0 heterocycles. The minimum Gasteiger partial charge on any atom is -0.0882 e. The molecular weight excluding hydrogens is 235 g/mol. The van der Waals surface area contributed by atoms with Gasteiger partial charge in [0, 0.05) is 3.92 Å². The predicted octanol–water partition coefficient (Wildman–Crippen LogP) is 2.94. The maximum absolute atomic E-state index is 2.55. The highest BCUT2D eigenvalue weighted by Gasteiger charge is 2.29. The van der Waals surface area contributed by atoms with Crippen LogP contribution in [-0.2, 0) is 0 Å². The topological polar surface area (TPSA) is 0 Å². The number of halogens is 1. The maximum atomic E-state index is 2.55. The summed E-state index contributed by atoms with van der Waals surface area (Å²) in [5.74, 6) is 1.79. The van der Waals surface area contributed by atoms with E-state index in [4.69, 9.17) is 0 Å². The molecule has 0 aliphatic heterocycles. The fourth-order valence-corrected chi connectivity index (χ4v) is 2.90. The van der Waals surface area contributed by atoms with E-state index in [0.717, 1.165) is 15.8 Å². The number of rotatable bonds is 0. The van der Waals surface area contributed by atoms with Crippen LogP contribution in [0.3, 0.4) is 0 Å². The second-order valence-corrected chi connectivity index (χ2v) is 4.54. The van der Waals surface area contributed by atoms with E-state index in [-0.39, 0.29) is 0 Å². The average Bonchev–Trinajstić information content (AvgIpc) is 2.34. The van der Waals surface area contributed by atoms with Crippen LogP contribution in [0, 0.1) is 11.8 Å². The predicted molar refractivity (Wildman–Crippen MR) is 52.3 cm³/mol. The zero-order valence-electron chi connectivity index (χ0n) is 5.83. The minimum absolute atomic E-state index is 0.799. The lowest BCUT2D eigenvalue weighted by atomic mass is 9.86. The number of alkyl halides is 1. The van der Waals surface area contributed by atoms with Gasteiger partial charge in [0.1, 0.15) is 0 Å². The number of fused-ring (bicyclic) bond motifs is 1. The first-order valence-corrected chi connectivity index (χ1v) is 5.10. The quantitative estimate of drug-likeness (QED) is 0.350. The zero-order valence-corrected chi connectivity index (χ0v) is 7.99. The van der Waals surface area contributed by atoms with Gasteiger partial charge in [-0.2, -0.15) is 0 Å². The smallest absolute Gasteiger partial charge is 0.0326 e. The largest absolute Gasteiger partial charge is 0.0882 e. The van der Waals surface area contributed by atoms with Gasteiger partial charge in [0.05, 0.1) is 0 Å². The molecule has 1 heteroatoms. The lowest BCUT2D eigenvalue weighted by Gasteiger charge is -2.22. The van der Waals surface area contributed by atoms with E-state index in [1.807, 2.05) is 0 Å². The highest BCUT2D eigenvalue weighted by atomic mass is 127. The summed E-state index contributed by atoms with van der Waals surface area (Å²) in [5, 5.41) is 0. The summed E-state index contributed by atoms with van der Waals surface area (Å²) < 4.78 is 0.799. The van der Waals surface area contributed by atoms with Gasteiger partial charge in [-0.25, -0.2) is 0 Å². The summed E-state index contributed by atoms with van der Waals surface area (Å²) in [4.78, 5) is 0. The molecule has 0 saturated carbocycles. The lowest BCUT2D eigenvalue weighted by molar-refractivity contribution is 0.429. The van der Waals surface area contributed by atoms with Crippen LogP contribution in [0.5, 0.6) is 0 Å². The van der Waals surface area contributed by atoms with Gasteiger partial charge in [0.2, 0.25) is 0 Å². The normalized spacial score (nSPS) is 43.9. The Labute approximate surface area is 75.5 Å². The first-order valence-electron chi connectivity index (χ1n) is 3.85. The van der Waals surface area contributed by atoms with Gasteiger partial charge >= 0.3 is 0 Å². The molecule has 0 N–H and O–H groups in total. The summed E-state index contributed by atoms with van der Waals surface area (Å²) in [5.41, 5.74) is 0. The Morgan fingerprint density at radius 3 is 2.70 bits per heavy atom. The Kier molecular flexibility index (Phi) is 1.85. The summed E-state index contributed by atoms with van der Waals surface area (Å²) in [7, 11) is 0. The van der Waals surface area contributed by atoms with Gasteiger partial charge in [-0.15, -0.1) is 0 Å². The van der Waals surface area contributed by atoms with Gasteiger partial charge in [0.25, 0.3) is 0 Å². The Morgan fingerprint density at radius 2 is 1.90 bits per heavy atom. The van der Waals surface area contributed by atoms with Crippen molar-refractivity contribution in [1.29, 1.82) is 0 Å². The van der Waals surface area contributed by atoms with Crippen molar-refractivity contribution in [3.05, 3.63) is 24.3 Å². The highest BCUT2D eigenvalue weighted by molar-refractivity contribution is 14.1. The van der Waals surface area contributed by atoms with Crippen LogP contribution in [-0.4, -0.2) is 3.92 Å². The van der Waals surface area contributed by atoms with Crippen molar-refractivity contribution < 1.29 is 0 Å². The van der Waals surface area contributed by atoms with Crippen molar-refractivity contribution in [3.8, 4) is 0 Å². The fourth-order valence-electron chi connectivity index (χ4n) is 1.84. The molecule has 0 bridgehead atoms. The van der Waals surface area contributed by atoms with Crippen molar-refractivity contribution in [1.82, 2.24) is 0 Å². The molecule has 0 aromatic rings. The molecule has 3 atom stereocenters. The Hall–Kier alpha value is 0.210. The van der Waals surface area contributed by atoms with Crippen LogP contribution in [0.1, 0.15) is 12.8 Å². The second-order valence-electron chi connectivity index (χ2n) is 3.10. The molecule has 0 nitrogen and oxygen atoms in total. The van der Waals surface area contributed by atoms with Gasteiger partial charge in [-0.1, -0.05) is 46.9 Å². The molecule has 0 saturated heterocycles. The van der Waals surface area contributed by atoms with E-state index >= 15 is 0 Å². The molecule has 2 rings (SSSR count). The van der Waals surface area contributed by atoms with Crippen molar-refractivity contribution in [3.63, 3.8) is 0 Å².